The van der Waals surface area contributed by atoms with E-state index in [1.807, 2.05) is 18.2 Å². The first-order chi connectivity index (χ1) is 7.34. The molecule has 0 aliphatic heterocycles. The van der Waals surface area contributed by atoms with Crippen LogP contribution in [0, 0.1) is 0 Å². The van der Waals surface area contributed by atoms with Crippen LogP contribution in [0.2, 0.25) is 0 Å². The Bertz CT molecular complexity index is 594. The van der Waals surface area contributed by atoms with Crippen LogP contribution < -0.4 is 5.73 Å². The van der Waals surface area contributed by atoms with E-state index >= 15 is 0 Å². The number of hydrogen-bond acceptors (Lipinski definition) is 4. The highest BCUT2D eigenvalue weighted by atomic mass is 15.4. The topological polar surface area (TPSA) is 85.4 Å². The van der Waals surface area contributed by atoms with Gasteiger partial charge in [0, 0.05) is 11.1 Å². The molecule has 2 heterocycles. The van der Waals surface area contributed by atoms with Gasteiger partial charge >= 0.3 is 0 Å². The maximum Gasteiger partial charge on any atom is 0.249 e. The first-order valence-corrected chi connectivity index (χ1v) is 4.44. The largest absolute Gasteiger partial charge is 0.399 e. The molecule has 0 unspecified atom stereocenters. The molecule has 0 saturated heterocycles. The average Bonchev–Trinajstić information content (AvgIpc) is 2.82. The molecule has 3 N–H and O–H groups in total. The van der Waals surface area contributed by atoms with Crippen molar-refractivity contribution in [1.82, 2.24) is 25.0 Å². The summed E-state index contributed by atoms with van der Waals surface area (Å²) in [6.07, 6.45) is 3.26. The van der Waals surface area contributed by atoms with Crippen LogP contribution in [0.15, 0.2) is 30.7 Å². The molecule has 15 heavy (non-hydrogen) atoms. The number of fused-ring (bicyclic) bond motifs is 1. The summed E-state index contributed by atoms with van der Waals surface area (Å²) >= 11 is 0. The van der Waals surface area contributed by atoms with Crippen molar-refractivity contribution in [2.24, 2.45) is 0 Å². The van der Waals surface area contributed by atoms with Crippen LogP contribution in [0.25, 0.3) is 16.9 Å². The van der Waals surface area contributed by atoms with Crippen molar-refractivity contribution in [3.63, 3.8) is 0 Å². The van der Waals surface area contributed by atoms with Gasteiger partial charge in [-0.05, 0) is 18.2 Å². The van der Waals surface area contributed by atoms with Gasteiger partial charge in [0.25, 0.3) is 0 Å². The van der Waals surface area contributed by atoms with E-state index in [0.717, 1.165) is 16.6 Å². The van der Waals surface area contributed by atoms with Crippen molar-refractivity contribution in [2.75, 3.05) is 5.73 Å². The fourth-order valence-corrected chi connectivity index (χ4v) is 1.52. The van der Waals surface area contributed by atoms with Gasteiger partial charge in [-0.15, -0.1) is 10.2 Å². The van der Waals surface area contributed by atoms with Crippen LogP contribution in [-0.4, -0.2) is 25.0 Å². The first-order valence-electron chi connectivity index (χ1n) is 4.44. The Kier molecular flexibility index (Phi) is 1.49. The van der Waals surface area contributed by atoms with E-state index < -0.39 is 0 Å². The smallest absolute Gasteiger partial charge is 0.249 e. The Morgan fingerprint density at radius 3 is 3.07 bits per heavy atom. The third-order valence-corrected chi connectivity index (χ3v) is 2.20. The molecule has 0 saturated carbocycles. The van der Waals surface area contributed by atoms with Gasteiger partial charge in [-0.3, -0.25) is 0 Å². The summed E-state index contributed by atoms with van der Waals surface area (Å²) in [6, 6.07) is 5.60. The minimum absolute atomic E-state index is 0.592. The number of benzene rings is 1. The Morgan fingerprint density at radius 2 is 2.27 bits per heavy atom. The fraction of sp³-hybridized carbons (Fsp3) is 0. The number of aromatic nitrogens is 5. The van der Waals surface area contributed by atoms with Gasteiger partial charge < -0.3 is 10.7 Å². The number of aromatic amines is 1. The summed E-state index contributed by atoms with van der Waals surface area (Å²) in [5.74, 6) is 0.592. The molecule has 0 aliphatic rings. The molecule has 3 aromatic rings. The summed E-state index contributed by atoms with van der Waals surface area (Å²) in [4.78, 5) is 2.89. The average molecular weight is 200 g/mol. The molecule has 6 nitrogen and oxygen atoms in total. The predicted molar refractivity (Wildman–Crippen MR) is 55.4 cm³/mol. The monoisotopic (exact) mass is 200 g/mol. The van der Waals surface area contributed by atoms with Gasteiger partial charge in [0.2, 0.25) is 5.95 Å². The van der Waals surface area contributed by atoms with E-state index in [4.69, 9.17) is 5.73 Å². The lowest BCUT2D eigenvalue weighted by Crippen LogP contribution is -1.98. The van der Waals surface area contributed by atoms with E-state index in [2.05, 4.69) is 20.3 Å². The van der Waals surface area contributed by atoms with Crippen molar-refractivity contribution in [3.8, 4) is 5.95 Å². The molecule has 6 heteroatoms. The third-order valence-electron chi connectivity index (χ3n) is 2.20. The number of nitrogens with zero attached hydrogens (tertiary/aromatic N) is 4. The second-order valence-electron chi connectivity index (χ2n) is 3.19. The van der Waals surface area contributed by atoms with Gasteiger partial charge in [-0.1, -0.05) is 0 Å². The molecule has 0 fully saturated rings. The molecule has 0 aliphatic carbocycles. The molecular formula is C9H8N6. The van der Waals surface area contributed by atoms with Gasteiger partial charge in [0.1, 0.15) is 6.33 Å². The number of nitrogens with two attached hydrogens (primary N) is 1. The molecule has 2 aromatic heterocycles. The van der Waals surface area contributed by atoms with E-state index in [1.54, 1.807) is 10.9 Å². The van der Waals surface area contributed by atoms with Crippen molar-refractivity contribution >= 4 is 16.6 Å². The van der Waals surface area contributed by atoms with E-state index in [-0.39, 0.29) is 0 Å². The van der Waals surface area contributed by atoms with Crippen LogP contribution in [-0.2, 0) is 0 Å². The normalized spacial score (nSPS) is 10.9. The zero-order chi connectivity index (χ0) is 10.3. The summed E-state index contributed by atoms with van der Waals surface area (Å²) < 4.78 is 1.68. The van der Waals surface area contributed by atoms with Gasteiger partial charge in [-0.25, -0.2) is 0 Å². The lowest BCUT2D eigenvalue weighted by atomic mass is 10.2. The highest BCUT2D eigenvalue weighted by Crippen LogP contribution is 2.18. The number of anilines is 1. The van der Waals surface area contributed by atoms with Crippen LogP contribution in [0.4, 0.5) is 5.69 Å². The van der Waals surface area contributed by atoms with Crippen molar-refractivity contribution < 1.29 is 0 Å². The minimum atomic E-state index is 0.592. The molecule has 0 spiro atoms. The second kappa shape index (κ2) is 2.81. The summed E-state index contributed by atoms with van der Waals surface area (Å²) in [7, 11) is 0. The molecule has 0 bridgehead atoms. The van der Waals surface area contributed by atoms with Crippen molar-refractivity contribution in [1.29, 1.82) is 0 Å². The minimum Gasteiger partial charge on any atom is -0.399 e. The van der Waals surface area contributed by atoms with Crippen LogP contribution in [0.5, 0.6) is 0 Å². The lowest BCUT2D eigenvalue weighted by Gasteiger charge is -1.97. The lowest BCUT2D eigenvalue weighted by molar-refractivity contribution is 0.838. The molecule has 0 radical (unpaired) electrons. The number of hydrogen-bond donors (Lipinski definition) is 2. The Morgan fingerprint density at radius 1 is 1.33 bits per heavy atom. The highest BCUT2D eigenvalue weighted by molar-refractivity contribution is 5.82. The maximum absolute atomic E-state index is 5.68. The second-order valence-corrected chi connectivity index (χ2v) is 3.19. The summed E-state index contributed by atoms with van der Waals surface area (Å²) in [5.41, 5.74) is 7.35. The summed E-state index contributed by atoms with van der Waals surface area (Å²) in [5, 5.41) is 12.8. The van der Waals surface area contributed by atoms with Gasteiger partial charge in [-0.2, -0.15) is 9.78 Å². The first kappa shape index (κ1) is 7.98. The number of nitrogens with one attached hydrogen (secondary N) is 1. The summed E-state index contributed by atoms with van der Waals surface area (Å²) in [6.45, 7) is 0. The van der Waals surface area contributed by atoms with Crippen LogP contribution >= 0.6 is 0 Å². The Hall–Kier alpha value is -2.37. The predicted octanol–water partition coefficient (Wildman–Crippen LogP) is 0.726. The molecule has 3 rings (SSSR count). The van der Waals surface area contributed by atoms with Crippen LogP contribution in [0.1, 0.15) is 0 Å². The molecule has 1 aromatic carbocycles. The quantitative estimate of drug-likeness (QED) is 0.567. The van der Waals surface area contributed by atoms with E-state index in [0.29, 0.717) is 5.95 Å². The Labute approximate surface area is 84.7 Å². The van der Waals surface area contributed by atoms with Gasteiger partial charge in [0.05, 0.1) is 11.7 Å². The molecular weight excluding hydrogens is 192 g/mol. The van der Waals surface area contributed by atoms with Crippen molar-refractivity contribution in [3.05, 3.63) is 30.7 Å². The molecule has 74 valence electrons. The SMILES string of the molecule is Nc1ccc2c(cnn2-c2nnc[nH]2)c1. The van der Waals surface area contributed by atoms with Crippen LogP contribution in [0.3, 0.4) is 0 Å². The van der Waals surface area contributed by atoms with E-state index in [1.165, 1.54) is 6.33 Å². The number of H-pyrrole nitrogens is 1. The number of nitrogen functional groups attached to an aromatic ring is 1. The maximum atomic E-state index is 5.68. The zero-order valence-corrected chi connectivity index (χ0v) is 7.75. The van der Waals surface area contributed by atoms with E-state index in [9.17, 15) is 0 Å². The molecule has 0 atom stereocenters. The fourth-order valence-electron chi connectivity index (χ4n) is 1.52. The third kappa shape index (κ3) is 1.15. The zero-order valence-electron chi connectivity index (χ0n) is 7.75. The highest BCUT2D eigenvalue weighted by Gasteiger charge is 2.06. The number of rotatable bonds is 1. The van der Waals surface area contributed by atoms with Gasteiger partial charge in [0.15, 0.2) is 0 Å². The Balaban J connectivity index is 2.29. The standard InChI is InChI=1S/C9H8N6/c10-7-1-2-8-6(3-7)4-13-15(8)9-11-5-12-14-9/h1-5H,10H2,(H,11,12,14). The molecule has 0 amide bonds. The van der Waals surface area contributed by atoms with Crippen molar-refractivity contribution in [2.45, 2.75) is 0 Å².